The predicted molar refractivity (Wildman–Crippen MR) is 229 cm³/mol. The zero-order valence-electron chi connectivity index (χ0n) is 35.2. The summed E-state index contributed by atoms with van der Waals surface area (Å²) in [7, 11) is 0. The molecule has 1 fully saturated rings. The first-order chi connectivity index (χ1) is 31.2. The summed E-state index contributed by atoms with van der Waals surface area (Å²) in [5.74, 6) is -4.73. The number of hydrogen-bond acceptors (Lipinski definition) is 16. The Kier molecular flexibility index (Phi) is 13.5. The summed E-state index contributed by atoms with van der Waals surface area (Å²) in [6.07, 6.45) is -7.82. The molecule has 1 aliphatic rings. The van der Waals surface area contributed by atoms with Crippen LogP contribution >= 0.6 is 0 Å². The fraction of sp³-hybridized carbons (Fsp3) is 0.204. The van der Waals surface area contributed by atoms with E-state index in [2.05, 4.69) is 0 Å². The van der Waals surface area contributed by atoms with Crippen LogP contribution in [-0.2, 0) is 42.9 Å². The molecule has 0 bridgehead atoms. The van der Waals surface area contributed by atoms with Crippen LogP contribution in [0, 0.1) is 0 Å². The molecule has 16 nitrogen and oxygen atoms in total. The normalized spacial score (nSPS) is 17.9. The molecular formula is C49H40O16. The molecule has 1 aromatic heterocycles. The van der Waals surface area contributed by atoms with Gasteiger partial charge in [-0.2, -0.15) is 0 Å². The van der Waals surface area contributed by atoms with Crippen molar-refractivity contribution >= 4 is 46.8 Å². The molecule has 1 N–H and O–H groups in total. The Balaban J connectivity index is 1.38. The first kappa shape index (κ1) is 44.9. The van der Waals surface area contributed by atoms with Crippen LogP contribution in [-0.4, -0.2) is 71.9 Å². The van der Waals surface area contributed by atoms with Crippen molar-refractivity contribution in [2.24, 2.45) is 0 Å². The largest absolute Gasteiger partial charge is 0.507 e. The number of ether oxygens (including phenoxy) is 7. The van der Waals surface area contributed by atoms with Crippen LogP contribution in [0.15, 0.2) is 131 Å². The lowest BCUT2D eigenvalue weighted by atomic mass is 9.84. The smallest absolute Gasteiger partial charge is 0.343 e. The number of fused-ring (bicyclic) bond motifs is 1. The molecule has 65 heavy (non-hydrogen) atoms. The third-order valence-electron chi connectivity index (χ3n) is 10.0. The van der Waals surface area contributed by atoms with Gasteiger partial charge in [-0.15, -0.1) is 0 Å². The standard InChI is InChI=1S/C49H40O16/c1-26(50)58-25-40-44(59-27(2)51)46(60-28(3)52)47(61-29(4)53)45(65-40)43-37(55)24-39-42(41(43)31-17-21-35(22-18-31)63-49(57)33-13-9-6-10-14-33)36(54)23-38(64-39)30-15-19-34(20-16-30)62-48(56)32-11-7-5-8-12-32/h5-24,40,44-47,55H,25H2,1-4H3/t40-,44-,45+,46+,47+/m1/s1. The summed E-state index contributed by atoms with van der Waals surface area (Å²) in [5.41, 5.74) is 0.349. The summed E-state index contributed by atoms with van der Waals surface area (Å²) < 4.78 is 46.1. The number of hydrogen-bond donors (Lipinski definition) is 1. The van der Waals surface area contributed by atoms with Crippen LogP contribution in [0.25, 0.3) is 33.4 Å². The molecule has 0 radical (unpaired) electrons. The monoisotopic (exact) mass is 884 g/mol. The van der Waals surface area contributed by atoms with Gasteiger partial charge in [0.1, 0.15) is 47.4 Å². The van der Waals surface area contributed by atoms with Crippen molar-refractivity contribution < 1.29 is 71.4 Å². The third-order valence-corrected chi connectivity index (χ3v) is 10.0. The number of phenolic OH excluding ortho intramolecular Hbond substituents is 1. The molecule has 1 saturated heterocycles. The van der Waals surface area contributed by atoms with Gasteiger partial charge in [0.15, 0.2) is 23.7 Å². The molecular weight excluding hydrogens is 845 g/mol. The molecule has 0 unspecified atom stereocenters. The quantitative estimate of drug-likeness (QED) is 0.0738. The van der Waals surface area contributed by atoms with Crippen molar-refractivity contribution in [2.45, 2.75) is 58.2 Å². The summed E-state index contributed by atoms with van der Waals surface area (Å²) >= 11 is 0. The van der Waals surface area contributed by atoms with Gasteiger partial charge in [0, 0.05) is 56.5 Å². The van der Waals surface area contributed by atoms with Crippen LogP contribution < -0.4 is 14.9 Å². The molecule has 5 atom stereocenters. The highest BCUT2D eigenvalue weighted by Crippen LogP contribution is 2.47. The average Bonchev–Trinajstić information content (AvgIpc) is 3.27. The second kappa shape index (κ2) is 19.5. The predicted octanol–water partition coefficient (Wildman–Crippen LogP) is 7.07. The maximum atomic E-state index is 14.5. The fourth-order valence-electron chi connectivity index (χ4n) is 7.37. The minimum absolute atomic E-state index is 0.00897. The molecule has 0 amide bonds. The Morgan fingerprint density at radius 3 is 1.58 bits per heavy atom. The highest BCUT2D eigenvalue weighted by atomic mass is 16.7. The lowest BCUT2D eigenvalue weighted by Gasteiger charge is -2.45. The van der Waals surface area contributed by atoms with E-state index >= 15 is 0 Å². The van der Waals surface area contributed by atoms with Gasteiger partial charge < -0.3 is 42.7 Å². The first-order valence-corrected chi connectivity index (χ1v) is 20.1. The number of aromatic hydroxyl groups is 1. The van der Waals surface area contributed by atoms with Gasteiger partial charge in [0.2, 0.25) is 0 Å². The second-order valence-electron chi connectivity index (χ2n) is 14.7. The van der Waals surface area contributed by atoms with Crippen LogP contribution in [0.2, 0.25) is 0 Å². The molecule has 332 valence electrons. The van der Waals surface area contributed by atoms with Crippen molar-refractivity contribution in [3.05, 3.63) is 148 Å². The molecule has 0 saturated carbocycles. The summed E-state index contributed by atoms with van der Waals surface area (Å²) in [5, 5.41) is 12.0. The van der Waals surface area contributed by atoms with Crippen molar-refractivity contribution in [1.29, 1.82) is 0 Å². The van der Waals surface area contributed by atoms with Gasteiger partial charge in [0.25, 0.3) is 0 Å². The van der Waals surface area contributed by atoms with E-state index in [4.69, 9.17) is 37.6 Å². The number of rotatable bonds is 12. The van der Waals surface area contributed by atoms with Crippen LogP contribution in [0.4, 0.5) is 0 Å². The van der Waals surface area contributed by atoms with Crippen molar-refractivity contribution in [3.8, 4) is 39.7 Å². The zero-order chi connectivity index (χ0) is 46.4. The molecule has 6 aromatic rings. The number of carbonyl (C=O) groups excluding carboxylic acids is 6. The average molecular weight is 885 g/mol. The Morgan fingerprint density at radius 1 is 0.585 bits per heavy atom. The van der Waals surface area contributed by atoms with E-state index in [9.17, 15) is 38.7 Å². The third kappa shape index (κ3) is 10.4. The molecule has 1 aliphatic heterocycles. The Bertz CT molecular complexity index is 2820. The number of phenols is 1. The van der Waals surface area contributed by atoms with Gasteiger partial charge in [0.05, 0.1) is 16.5 Å². The summed E-state index contributed by atoms with van der Waals surface area (Å²) in [4.78, 5) is 90.1. The SMILES string of the molecule is CC(=O)OC[C@H]1O[C@@H](c2c(O)cc3oc(-c4ccc(OC(=O)c5ccccc5)cc4)cc(=O)c3c2-c2ccc(OC(=O)c3ccccc3)cc2)[C@H](OC(C)=O)[C@@H](OC(C)=O)[C@@H]1OC(C)=O. The fourth-order valence-corrected chi connectivity index (χ4v) is 7.37. The highest BCUT2D eigenvalue weighted by Gasteiger charge is 2.54. The van der Waals surface area contributed by atoms with Gasteiger partial charge in [-0.3, -0.25) is 24.0 Å². The van der Waals surface area contributed by atoms with E-state index in [1.165, 1.54) is 42.5 Å². The van der Waals surface area contributed by atoms with Gasteiger partial charge in [-0.05, 0) is 66.2 Å². The van der Waals surface area contributed by atoms with Gasteiger partial charge in [-0.25, -0.2) is 9.59 Å². The minimum Gasteiger partial charge on any atom is -0.507 e. The van der Waals surface area contributed by atoms with Gasteiger partial charge >= 0.3 is 35.8 Å². The zero-order valence-corrected chi connectivity index (χ0v) is 35.2. The van der Waals surface area contributed by atoms with E-state index in [-0.39, 0.29) is 50.5 Å². The molecule has 0 aliphatic carbocycles. The molecule has 5 aromatic carbocycles. The Labute approximate surface area is 370 Å². The first-order valence-electron chi connectivity index (χ1n) is 20.1. The van der Waals surface area contributed by atoms with Crippen molar-refractivity contribution in [2.75, 3.05) is 6.61 Å². The number of benzene rings is 5. The van der Waals surface area contributed by atoms with Crippen LogP contribution in [0.3, 0.4) is 0 Å². The topological polar surface area (TPSA) is 217 Å². The van der Waals surface area contributed by atoms with E-state index in [0.29, 0.717) is 11.1 Å². The second-order valence-corrected chi connectivity index (χ2v) is 14.7. The molecule has 2 heterocycles. The number of carbonyl (C=O) groups is 6. The Hall–Kier alpha value is -8.11. The van der Waals surface area contributed by atoms with Gasteiger partial charge in [-0.1, -0.05) is 48.5 Å². The van der Waals surface area contributed by atoms with E-state index in [1.54, 1.807) is 72.8 Å². The lowest BCUT2D eigenvalue weighted by molar-refractivity contribution is -0.254. The molecule has 16 heteroatoms. The maximum Gasteiger partial charge on any atom is 0.343 e. The van der Waals surface area contributed by atoms with E-state index < -0.39 is 84.1 Å². The van der Waals surface area contributed by atoms with Crippen LogP contribution in [0.5, 0.6) is 17.2 Å². The highest BCUT2D eigenvalue weighted by molar-refractivity contribution is 5.98. The van der Waals surface area contributed by atoms with E-state index in [1.807, 2.05) is 0 Å². The van der Waals surface area contributed by atoms with Crippen LogP contribution in [0.1, 0.15) is 60.1 Å². The summed E-state index contributed by atoms with van der Waals surface area (Å²) in [6.45, 7) is 3.79. The maximum absolute atomic E-state index is 14.5. The molecule has 0 spiro atoms. The lowest BCUT2D eigenvalue weighted by Crippen LogP contribution is -2.59. The number of esters is 6. The van der Waals surface area contributed by atoms with Crippen molar-refractivity contribution in [3.63, 3.8) is 0 Å². The Morgan fingerprint density at radius 2 is 1.08 bits per heavy atom. The van der Waals surface area contributed by atoms with E-state index in [0.717, 1.165) is 33.8 Å². The van der Waals surface area contributed by atoms with Crippen molar-refractivity contribution in [1.82, 2.24) is 0 Å². The summed E-state index contributed by atoms with van der Waals surface area (Å²) in [6, 6.07) is 31.1. The minimum atomic E-state index is -1.66. The molecule has 7 rings (SSSR count).